The third-order valence-corrected chi connectivity index (χ3v) is 2.79. The third-order valence-electron chi connectivity index (χ3n) is 1.55. The van der Waals surface area contributed by atoms with Gasteiger partial charge < -0.3 is 0 Å². The van der Waals surface area contributed by atoms with E-state index in [2.05, 4.69) is 19.4 Å². The Morgan fingerprint density at radius 1 is 1.44 bits per heavy atom. The van der Waals surface area contributed by atoms with Gasteiger partial charge in [-0.3, -0.25) is 4.72 Å². The molecule has 0 unspecified atom stereocenters. The number of hydrogen-bond acceptors (Lipinski definition) is 4. The van der Waals surface area contributed by atoms with Gasteiger partial charge in [0.15, 0.2) is 0 Å². The summed E-state index contributed by atoms with van der Waals surface area (Å²) in [6.45, 7) is 4.17. The van der Waals surface area contributed by atoms with E-state index in [0.29, 0.717) is 6.54 Å². The summed E-state index contributed by atoms with van der Waals surface area (Å²) in [5, 5.41) is 0.177. The number of hydrogen-bond donors (Lipinski definition) is 2. The summed E-state index contributed by atoms with van der Waals surface area (Å²) in [5.41, 5.74) is 0. The maximum Gasteiger partial charge on any atom is 0.300 e. The molecule has 2 N–H and O–H groups in total. The minimum absolute atomic E-state index is 0.135. The second-order valence-electron chi connectivity index (χ2n) is 3.57. The molecule has 0 aliphatic heterocycles. The van der Waals surface area contributed by atoms with Crippen LogP contribution in [0.3, 0.4) is 0 Å². The van der Waals surface area contributed by atoms with Crippen LogP contribution in [0.5, 0.6) is 0 Å². The molecule has 1 heterocycles. The summed E-state index contributed by atoms with van der Waals surface area (Å²) in [7, 11) is -3.60. The molecule has 0 radical (unpaired) electrons. The van der Waals surface area contributed by atoms with Crippen molar-refractivity contribution in [3.05, 3.63) is 17.5 Å². The molecule has 16 heavy (non-hydrogen) atoms. The van der Waals surface area contributed by atoms with Crippen molar-refractivity contribution < 1.29 is 8.42 Å². The van der Waals surface area contributed by atoms with Crippen molar-refractivity contribution >= 4 is 27.6 Å². The predicted octanol–water partition coefficient (Wildman–Crippen LogP) is 1.03. The minimum Gasteiger partial charge on any atom is -0.254 e. The molecule has 8 heteroatoms. The Bertz CT molecular complexity index is 449. The van der Waals surface area contributed by atoms with E-state index in [1.165, 1.54) is 12.4 Å². The molecule has 1 aromatic rings. The number of anilines is 1. The van der Waals surface area contributed by atoms with Crippen LogP contribution in [0.1, 0.15) is 13.8 Å². The number of aromatic nitrogens is 2. The van der Waals surface area contributed by atoms with Crippen LogP contribution in [0.4, 0.5) is 5.82 Å². The van der Waals surface area contributed by atoms with Crippen LogP contribution in [0.2, 0.25) is 5.15 Å². The number of halogens is 1. The van der Waals surface area contributed by atoms with E-state index in [0.717, 1.165) is 0 Å². The lowest BCUT2D eigenvalue weighted by Crippen LogP contribution is -2.33. The molecule has 0 saturated heterocycles. The van der Waals surface area contributed by atoms with Crippen molar-refractivity contribution in [2.24, 2.45) is 5.92 Å². The largest absolute Gasteiger partial charge is 0.300 e. The van der Waals surface area contributed by atoms with Crippen molar-refractivity contribution in [2.75, 3.05) is 11.3 Å². The van der Waals surface area contributed by atoms with Gasteiger partial charge in [-0.25, -0.2) is 9.97 Å². The first-order chi connectivity index (χ1) is 7.39. The highest BCUT2D eigenvalue weighted by atomic mass is 35.5. The topological polar surface area (TPSA) is 84.0 Å². The lowest BCUT2D eigenvalue weighted by atomic mass is 10.2. The Hall–Kier alpha value is -0.920. The molecule has 0 aromatic carbocycles. The normalized spacial score (nSPS) is 11.8. The highest BCUT2D eigenvalue weighted by Crippen LogP contribution is 2.09. The Morgan fingerprint density at radius 3 is 2.69 bits per heavy atom. The second kappa shape index (κ2) is 5.42. The fourth-order valence-corrected chi connectivity index (χ4v) is 2.00. The van der Waals surface area contributed by atoms with Gasteiger partial charge in [-0.15, -0.1) is 0 Å². The van der Waals surface area contributed by atoms with Crippen LogP contribution < -0.4 is 9.44 Å². The van der Waals surface area contributed by atoms with Crippen LogP contribution in [0.15, 0.2) is 12.4 Å². The molecule has 0 amide bonds. The Morgan fingerprint density at radius 2 is 2.12 bits per heavy atom. The van der Waals surface area contributed by atoms with Crippen LogP contribution in [-0.4, -0.2) is 24.9 Å². The van der Waals surface area contributed by atoms with Crippen LogP contribution in [0, 0.1) is 5.92 Å². The molecule has 0 atom stereocenters. The minimum atomic E-state index is -3.60. The van der Waals surface area contributed by atoms with Crippen molar-refractivity contribution in [1.29, 1.82) is 0 Å². The van der Waals surface area contributed by atoms with Gasteiger partial charge in [-0.1, -0.05) is 25.4 Å². The first-order valence-corrected chi connectivity index (χ1v) is 6.50. The zero-order valence-electron chi connectivity index (χ0n) is 8.94. The number of nitrogens with one attached hydrogen (secondary N) is 2. The van der Waals surface area contributed by atoms with Gasteiger partial charge in [0.25, 0.3) is 10.2 Å². The monoisotopic (exact) mass is 264 g/mol. The SMILES string of the molecule is CC(C)CNS(=O)(=O)Nc1cc(Cl)ncn1. The highest BCUT2D eigenvalue weighted by Gasteiger charge is 2.11. The van der Waals surface area contributed by atoms with Crippen molar-refractivity contribution in [1.82, 2.24) is 14.7 Å². The quantitative estimate of drug-likeness (QED) is 0.778. The lowest BCUT2D eigenvalue weighted by molar-refractivity contribution is 0.564. The second-order valence-corrected chi connectivity index (χ2v) is 5.46. The van der Waals surface area contributed by atoms with Crippen molar-refractivity contribution in [2.45, 2.75) is 13.8 Å². The van der Waals surface area contributed by atoms with E-state index < -0.39 is 10.2 Å². The smallest absolute Gasteiger partial charge is 0.254 e. The summed E-state index contributed by atoms with van der Waals surface area (Å²) in [6.07, 6.45) is 1.18. The van der Waals surface area contributed by atoms with Gasteiger partial charge in [0.2, 0.25) is 0 Å². The van der Waals surface area contributed by atoms with E-state index in [1.807, 2.05) is 13.8 Å². The first-order valence-electron chi connectivity index (χ1n) is 4.64. The lowest BCUT2D eigenvalue weighted by Gasteiger charge is -2.09. The summed E-state index contributed by atoms with van der Waals surface area (Å²) < 4.78 is 27.6. The van der Waals surface area contributed by atoms with Gasteiger partial charge in [0.1, 0.15) is 17.3 Å². The van der Waals surface area contributed by atoms with Crippen molar-refractivity contribution in [3.63, 3.8) is 0 Å². The zero-order chi connectivity index (χ0) is 12.2. The van der Waals surface area contributed by atoms with Crippen LogP contribution in [-0.2, 0) is 10.2 Å². The van der Waals surface area contributed by atoms with E-state index in [-0.39, 0.29) is 16.9 Å². The Labute approximate surface area is 99.6 Å². The zero-order valence-corrected chi connectivity index (χ0v) is 10.5. The van der Waals surface area contributed by atoms with Gasteiger partial charge in [-0.05, 0) is 5.92 Å². The predicted molar refractivity (Wildman–Crippen MR) is 62.4 cm³/mol. The molecule has 0 fully saturated rings. The Balaban J connectivity index is 2.66. The van der Waals surface area contributed by atoms with Crippen molar-refractivity contribution in [3.8, 4) is 0 Å². The molecule has 0 spiro atoms. The average Bonchev–Trinajstić information content (AvgIpc) is 2.14. The molecule has 0 saturated carbocycles. The maximum atomic E-state index is 11.5. The summed E-state index contributed by atoms with van der Waals surface area (Å²) in [6, 6.07) is 1.33. The highest BCUT2D eigenvalue weighted by molar-refractivity contribution is 7.90. The first kappa shape index (κ1) is 13.1. The molecule has 6 nitrogen and oxygen atoms in total. The maximum absolute atomic E-state index is 11.5. The molecule has 1 aromatic heterocycles. The molecular weight excluding hydrogens is 252 g/mol. The molecule has 1 rings (SSSR count). The van der Waals surface area contributed by atoms with Gasteiger partial charge >= 0.3 is 0 Å². The number of rotatable bonds is 5. The third kappa shape index (κ3) is 4.73. The summed E-state index contributed by atoms with van der Waals surface area (Å²) in [4.78, 5) is 7.37. The average molecular weight is 265 g/mol. The molecule has 90 valence electrons. The summed E-state index contributed by atoms with van der Waals surface area (Å²) in [5.74, 6) is 0.363. The van der Waals surface area contributed by atoms with Crippen LogP contribution in [0.25, 0.3) is 0 Å². The fraction of sp³-hybridized carbons (Fsp3) is 0.500. The number of nitrogens with zero attached hydrogens (tertiary/aromatic N) is 2. The van der Waals surface area contributed by atoms with Gasteiger partial charge in [0, 0.05) is 12.6 Å². The van der Waals surface area contributed by atoms with E-state index in [4.69, 9.17) is 11.6 Å². The van der Waals surface area contributed by atoms with E-state index in [9.17, 15) is 8.42 Å². The standard InChI is InChI=1S/C8H13ClN4O2S/c1-6(2)4-12-16(14,15)13-8-3-7(9)10-5-11-8/h3,5-6,12H,4H2,1-2H3,(H,10,11,13). The summed E-state index contributed by atoms with van der Waals surface area (Å²) >= 11 is 5.59. The van der Waals surface area contributed by atoms with Gasteiger partial charge in [0.05, 0.1) is 0 Å². The molecule has 0 aliphatic rings. The molecule has 0 aliphatic carbocycles. The van der Waals surface area contributed by atoms with Gasteiger partial charge in [-0.2, -0.15) is 13.1 Å². The Kier molecular flexibility index (Phi) is 4.45. The molecular formula is C8H13ClN4O2S. The fourth-order valence-electron chi connectivity index (χ4n) is 0.840. The van der Waals surface area contributed by atoms with Crippen LogP contribution >= 0.6 is 11.6 Å². The molecule has 0 bridgehead atoms. The van der Waals surface area contributed by atoms with E-state index >= 15 is 0 Å². The van der Waals surface area contributed by atoms with E-state index in [1.54, 1.807) is 0 Å².